The molecule has 0 atom stereocenters. The van der Waals surface area contributed by atoms with E-state index < -0.39 is 66.9 Å². The fraction of sp³-hybridized carbons (Fsp3) is 0.0714. The second kappa shape index (κ2) is 7.67. The van der Waals surface area contributed by atoms with Gasteiger partial charge in [0.15, 0.2) is 17.5 Å². The zero-order chi connectivity index (χ0) is 20.4. The highest BCUT2D eigenvalue weighted by molar-refractivity contribution is 7.89. The van der Waals surface area contributed by atoms with Crippen molar-refractivity contribution in [3.8, 4) is 0 Å². The average molecular weight is 407 g/mol. The van der Waals surface area contributed by atoms with Crippen LogP contribution in [0.25, 0.3) is 0 Å². The number of nitro groups is 1. The molecule has 0 radical (unpaired) electrons. The molecule has 2 rings (SSSR count). The van der Waals surface area contributed by atoms with Gasteiger partial charge < -0.3 is 5.32 Å². The molecule has 0 fully saturated rings. The van der Waals surface area contributed by atoms with Gasteiger partial charge in [0.2, 0.25) is 21.7 Å². The quantitative estimate of drug-likeness (QED) is 0.329. The molecule has 2 aromatic rings. The second-order valence-corrected chi connectivity index (χ2v) is 6.73. The molecule has 0 aliphatic rings. The molecule has 0 heterocycles. The van der Waals surface area contributed by atoms with Crippen molar-refractivity contribution in [2.75, 3.05) is 11.9 Å². The molecule has 2 N–H and O–H groups in total. The van der Waals surface area contributed by atoms with E-state index in [0.717, 1.165) is 12.1 Å². The van der Waals surface area contributed by atoms with Crippen LogP contribution >= 0.6 is 0 Å². The van der Waals surface area contributed by atoms with E-state index in [-0.39, 0.29) is 0 Å². The average Bonchev–Trinajstić information content (AvgIpc) is 2.60. The number of sulfonamides is 1. The lowest BCUT2D eigenvalue weighted by atomic mass is 10.3. The Labute approximate surface area is 149 Å². The summed E-state index contributed by atoms with van der Waals surface area (Å²) in [4.78, 5) is 20.5. The standard InChI is InChI=1S/C14H9F4N3O5S/c15-8-2-1-7(5-11(8)21(23)24)27(25,26)19-6-12(22)20-10-4-3-9(16)13(17)14(10)18/h1-5,19H,6H2,(H,20,22). The third-order valence-corrected chi connectivity index (χ3v) is 4.56. The number of carbonyl (C=O) groups is 1. The topological polar surface area (TPSA) is 118 Å². The summed E-state index contributed by atoms with van der Waals surface area (Å²) in [6.45, 7) is -0.966. The van der Waals surface area contributed by atoms with Crippen molar-refractivity contribution in [3.05, 3.63) is 63.7 Å². The van der Waals surface area contributed by atoms with Gasteiger partial charge >= 0.3 is 5.69 Å². The lowest BCUT2D eigenvalue weighted by Crippen LogP contribution is -2.33. The number of nitrogens with one attached hydrogen (secondary N) is 2. The first-order valence-electron chi connectivity index (χ1n) is 6.90. The van der Waals surface area contributed by atoms with Gasteiger partial charge in [-0.1, -0.05) is 0 Å². The Balaban J connectivity index is 2.11. The Morgan fingerprint density at radius 3 is 2.30 bits per heavy atom. The number of halogens is 4. The maximum absolute atomic E-state index is 13.5. The number of benzene rings is 2. The molecule has 2 aromatic carbocycles. The van der Waals surface area contributed by atoms with E-state index in [1.807, 2.05) is 5.32 Å². The monoisotopic (exact) mass is 407 g/mol. The number of anilines is 1. The highest BCUT2D eigenvalue weighted by atomic mass is 32.2. The third kappa shape index (κ3) is 4.57. The van der Waals surface area contributed by atoms with Gasteiger partial charge in [0, 0.05) is 6.07 Å². The first kappa shape index (κ1) is 20.3. The van der Waals surface area contributed by atoms with Crippen LogP contribution in [0, 0.1) is 33.4 Å². The summed E-state index contributed by atoms with van der Waals surface area (Å²) in [5.74, 6) is -7.39. The minimum atomic E-state index is -4.46. The summed E-state index contributed by atoms with van der Waals surface area (Å²) < 4.78 is 78.4. The van der Waals surface area contributed by atoms with E-state index in [4.69, 9.17) is 0 Å². The first-order valence-corrected chi connectivity index (χ1v) is 8.38. The van der Waals surface area contributed by atoms with E-state index in [1.54, 1.807) is 4.72 Å². The van der Waals surface area contributed by atoms with Gasteiger partial charge in [0.1, 0.15) is 0 Å². The zero-order valence-electron chi connectivity index (χ0n) is 13.0. The second-order valence-electron chi connectivity index (χ2n) is 4.97. The van der Waals surface area contributed by atoms with Crippen LogP contribution in [0.5, 0.6) is 0 Å². The fourth-order valence-electron chi connectivity index (χ4n) is 1.86. The van der Waals surface area contributed by atoms with E-state index in [1.165, 1.54) is 0 Å². The maximum atomic E-state index is 13.5. The Bertz CT molecular complexity index is 1030. The van der Waals surface area contributed by atoms with E-state index in [2.05, 4.69) is 0 Å². The smallest absolute Gasteiger partial charge is 0.306 e. The fourth-order valence-corrected chi connectivity index (χ4v) is 2.86. The molecule has 0 saturated carbocycles. The molecule has 1 amide bonds. The number of hydrogen-bond acceptors (Lipinski definition) is 5. The Morgan fingerprint density at radius 2 is 1.67 bits per heavy atom. The van der Waals surface area contributed by atoms with Crippen LogP contribution in [0.3, 0.4) is 0 Å². The molecule has 0 bridgehead atoms. The minimum absolute atomic E-state index is 0.449. The number of amides is 1. The van der Waals surface area contributed by atoms with Gasteiger partial charge in [-0.15, -0.1) is 0 Å². The van der Waals surface area contributed by atoms with Crippen LogP contribution in [0.15, 0.2) is 35.2 Å². The number of nitrogens with zero attached hydrogens (tertiary/aromatic N) is 1. The largest absolute Gasteiger partial charge is 0.322 e. The zero-order valence-corrected chi connectivity index (χ0v) is 13.8. The van der Waals surface area contributed by atoms with Crippen molar-refractivity contribution in [1.82, 2.24) is 4.72 Å². The number of hydrogen-bond donors (Lipinski definition) is 2. The van der Waals surface area contributed by atoms with Crippen LogP contribution in [0.1, 0.15) is 0 Å². The van der Waals surface area contributed by atoms with Gasteiger partial charge in [-0.25, -0.2) is 26.3 Å². The van der Waals surface area contributed by atoms with Crippen molar-refractivity contribution in [2.24, 2.45) is 0 Å². The SMILES string of the molecule is O=C(CNS(=O)(=O)c1ccc(F)c([N+](=O)[O-])c1)Nc1ccc(F)c(F)c1F. The molecule has 144 valence electrons. The van der Waals surface area contributed by atoms with Crippen LogP contribution < -0.4 is 10.0 Å². The van der Waals surface area contributed by atoms with E-state index >= 15 is 0 Å². The normalized spacial score (nSPS) is 11.3. The van der Waals surface area contributed by atoms with Crippen LogP contribution in [0.4, 0.5) is 28.9 Å². The van der Waals surface area contributed by atoms with Crippen molar-refractivity contribution >= 4 is 27.3 Å². The molecule has 13 heteroatoms. The predicted molar refractivity (Wildman–Crippen MR) is 83.2 cm³/mol. The minimum Gasteiger partial charge on any atom is -0.322 e. The molecular formula is C14H9F4N3O5S. The number of rotatable bonds is 6. The summed E-state index contributed by atoms with van der Waals surface area (Å²) in [6, 6.07) is 3.02. The summed E-state index contributed by atoms with van der Waals surface area (Å²) in [5.41, 5.74) is -1.82. The van der Waals surface area contributed by atoms with Crippen molar-refractivity contribution in [2.45, 2.75) is 4.90 Å². The molecule has 8 nitrogen and oxygen atoms in total. The molecule has 0 aliphatic carbocycles. The van der Waals surface area contributed by atoms with Gasteiger partial charge in [0.25, 0.3) is 0 Å². The van der Waals surface area contributed by atoms with Gasteiger partial charge in [0.05, 0.1) is 22.1 Å². The molecule has 27 heavy (non-hydrogen) atoms. The third-order valence-electron chi connectivity index (χ3n) is 3.16. The number of carbonyl (C=O) groups excluding carboxylic acids is 1. The Morgan fingerprint density at radius 1 is 1.04 bits per heavy atom. The van der Waals surface area contributed by atoms with Crippen molar-refractivity contribution in [3.63, 3.8) is 0 Å². The Kier molecular flexibility index (Phi) is 5.75. The summed E-state index contributed by atoms with van der Waals surface area (Å²) in [7, 11) is -4.46. The first-order chi connectivity index (χ1) is 12.5. The maximum Gasteiger partial charge on any atom is 0.306 e. The van der Waals surface area contributed by atoms with Crippen LogP contribution in [-0.2, 0) is 14.8 Å². The molecule has 0 unspecified atom stereocenters. The summed E-state index contributed by atoms with van der Waals surface area (Å²) in [6.07, 6.45) is 0. The highest BCUT2D eigenvalue weighted by Crippen LogP contribution is 2.22. The molecular weight excluding hydrogens is 398 g/mol. The molecule has 0 spiro atoms. The number of nitro benzene ring substituents is 1. The molecule has 0 aromatic heterocycles. The van der Waals surface area contributed by atoms with Crippen LogP contribution in [0.2, 0.25) is 0 Å². The summed E-state index contributed by atoms with van der Waals surface area (Å²) >= 11 is 0. The summed E-state index contributed by atoms with van der Waals surface area (Å²) in [5, 5.41) is 12.5. The van der Waals surface area contributed by atoms with Crippen molar-refractivity contribution in [1.29, 1.82) is 0 Å². The van der Waals surface area contributed by atoms with Crippen LogP contribution in [-0.4, -0.2) is 25.8 Å². The van der Waals surface area contributed by atoms with Crippen molar-refractivity contribution < 1.29 is 35.7 Å². The van der Waals surface area contributed by atoms with E-state index in [0.29, 0.717) is 18.2 Å². The van der Waals surface area contributed by atoms with E-state index in [9.17, 15) is 40.9 Å². The lowest BCUT2D eigenvalue weighted by Gasteiger charge is -2.09. The molecule has 0 aliphatic heterocycles. The van der Waals surface area contributed by atoms with Gasteiger partial charge in [-0.05, 0) is 24.3 Å². The molecule has 0 saturated heterocycles. The highest BCUT2D eigenvalue weighted by Gasteiger charge is 2.22. The predicted octanol–water partition coefficient (Wildman–Crippen LogP) is 2.07. The Hall–Kier alpha value is -3.06. The van der Waals surface area contributed by atoms with Gasteiger partial charge in [-0.2, -0.15) is 4.39 Å². The van der Waals surface area contributed by atoms with Gasteiger partial charge in [-0.3, -0.25) is 14.9 Å². The lowest BCUT2D eigenvalue weighted by molar-refractivity contribution is -0.387.